The molecule has 2 aliphatic heterocycles. The van der Waals surface area contributed by atoms with Gasteiger partial charge in [-0.1, -0.05) is 10.2 Å². The smallest absolute Gasteiger partial charge is 0.351 e. The van der Waals surface area contributed by atoms with E-state index in [2.05, 4.69) is 25.0 Å². The third kappa shape index (κ3) is 5.38. The summed E-state index contributed by atoms with van der Waals surface area (Å²) in [5.74, 6) is -0.0252. The highest BCUT2D eigenvalue weighted by molar-refractivity contribution is 5.23. The molecule has 8 atom stereocenters. The van der Waals surface area contributed by atoms with Crippen molar-refractivity contribution in [3.63, 3.8) is 0 Å². The SMILES string of the molecule is [N-]=[N+]=N[C@]1(CO)O[C@@H](n2ccc(=O)[nH]c2=O)[C@@H](O)[C@@H]1O.[N-]=[N+]=N[C@]1(CO)O[C@@H](n2ccc(N)nc2=O)[C@@H](O)[C@@H]1O. The van der Waals surface area contributed by atoms with Gasteiger partial charge in [0.1, 0.15) is 30.2 Å². The van der Waals surface area contributed by atoms with Gasteiger partial charge in [0, 0.05) is 28.3 Å². The maximum atomic E-state index is 11.7. The van der Waals surface area contributed by atoms with Gasteiger partial charge in [0.05, 0.1) is 13.2 Å². The number of nitrogens with two attached hydrogens (primary N) is 1. The van der Waals surface area contributed by atoms with Crippen molar-refractivity contribution in [1.29, 1.82) is 0 Å². The number of nitrogen functional groups attached to an aromatic ring is 1. The molecule has 0 radical (unpaired) electrons. The van der Waals surface area contributed by atoms with Crippen LogP contribution in [-0.4, -0.2) is 98.8 Å². The topological polar surface area (TPSA) is 353 Å². The standard InChI is InChI=1S/C9H12N6O5.C9H11N5O6/c10-4-1-2-15(8(19)12-4)7-5(17)6(18)9(3-16,20-7)13-14-11;10-13-12-9(3-15)6(18)5(17)7(20-9)14-2-1-4(16)11-8(14)19/h1-2,5-7,16-18H,3H2,(H2,10,12,19);1-2,5-7,15,17-18H,3H2,(H,11,16,19)/t2*5-,6-,7+,9+/m00/s1. The summed E-state index contributed by atoms with van der Waals surface area (Å²) in [5.41, 5.74) is 15.7. The summed E-state index contributed by atoms with van der Waals surface area (Å²) in [6, 6.07) is 2.30. The summed E-state index contributed by atoms with van der Waals surface area (Å²) in [7, 11) is 0. The Morgan fingerprint density at radius 3 is 1.82 bits per heavy atom. The Morgan fingerprint density at radius 1 is 0.925 bits per heavy atom. The minimum Gasteiger partial charge on any atom is -0.393 e. The van der Waals surface area contributed by atoms with Crippen molar-refractivity contribution < 1.29 is 40.1 Å². The Hall–Kier alpha value is -4.34. The number of rotatable bonds is 6. The number of hydrogen-bond acceptors (Lipinski definition) is 15. The largest absolute Gasteiger partial charge is 0.393 e. The van der Waals surface area contributed by atoms with Crippen LogP contribution in [0.25, 0.3) is 20.9 Å². The Labute approximate surface area is 220 Å². The van der Waals surface area contributed by atoms with Crippen LogP contribution in [0.4, 0.5) is 5.82 Å². The van der Waals surface area contributed by atoms with Crippen LogP contribution in [0.5, 0.6) is 0 Å². The van der Waals surface area contributed by atoms with E-state index in [1.165, 1.54) is 12.3 Å². The molecule has 0 saturated carbocycles. The van der Waals surface area contributed by atoms with Crippen LogP contribution in [-0.2, 0) is 9.47 Å². The molecule has 2 aliphatic rings. The molecule has 4 heterocycles. The van der Waals surface area contributed by atoms with Crippen molar-refractivity contribution >= 4 is 5.82 Å². The van der Waals surface area contributed by atoms with Crippen LogP contribution >= 0.6 is 0 Å². The Morgan fingerprint density at radius 2 is 1.40 bits per heavy atom. The summed E-state index contributed by atoms with van der Waals surface area (Å²) in [6.45, 7) is -1.77. The van der Waals surface area contributed by atoms with Gasteiger partial charge in [-0.2, -0.15) is 4.98 Å². The molecule has 0 spiro atoms. The summed E-state index contributed by atoms with van der Waals surface area (Å²) in [4.78, 5) is 44.5. The molecule has 4 rings (SSSR count). The fourth-order valence-electron chi connectivity index (χ4n) is 3.87. The number of nitrogens with one attached hydrogen (secondary N) is 1. The van der Waals surface area contributed by atoms with E-state index in [0.29, 0.717) is 0 Å². The Bertz CT molecular complexity index is 1500. The van der Waals surface area contributed by atoms with Crippen molar-refractivity contribution in [2.24, 2.45) is 10.2 Å². The van der Waals surface area contributed by atoms with Gasteiger partial charge in [-0.15, -0.1) is 0 Å². The van der Waals surface area contributed by atoms with Crippen molar-refractivity contribution in [3.05, 3.63) is 76.7 Å². The molecule has 216 valence electrons. The van der Waals surface area contributed by atoms with E-state index in [0.717, 1.165) is 21.4 Å². The van der Waals surface area contributed by atoms with E-state index in [9.17, 15) is 45.0 Å². The monoisotopic (exact) mass is 569 g/mol. The lowest BCUT2D eigenvalue weighted by molar-refractivity contribution is -0.125. The maximum absolute atomic E-state index is 11.7. The minimum atomic E-state index is -2.10. The zero-order valence-corrected chi connectivity index (χ0v) is 20.0. The number of azide groups is 2. The fourth-order valence-corrected chi connectivity index (χ4v) is 3.87. The van der Waals surface area contributed by atoms with E-state index in [4.69, 9.17) is 26.3 Å². The highest BCUT2D eigenvalue weighted by Gasteiger charge is 2.56. The summed E-state index contributed by atoms with van der Waals surface area (Å²) < 4.78 is 12.0. The maximum Gasteiger partial charge on any atom is 0.351 e. The lowest BCUT2D eigenvalue weighted by atomic mass is 10.1. The third-order valence-corrected chi connectivity index (χ3v) is 5.94. The molecule has 9 N–H and O–H groups in total. The summed E-state index contributed by atoms with van der Waals surface area (Å²) in [5, 5.41) is 64.2. The van der Waals surface area contributed by atoms with Gasteiger partial charge < -0.3 is 45.8 Å². The van der Waals surface area contributed by atoms with Crippen LogP contribution < -0.4 is 22.7 Å². The zero-order valence-electron chi connectivity index (χ0n) is 20.0. The summed E-state index contributed by atoms with van der Waals surface area (Å²) >= 11 is 0. The summed E-state index contributed by atoms with van der Waals surface area (Å²) in [6.07, 6.45) is -7.24. The first kappa shape index (κ1) is 30.2. The molecule has 0 bridgehead atoms. The third-order valence-electron chi connectivity index (χ3n) is 5.94. The van der Waals surface area contributed by atoms with Crippen molar-refractivity contribution in [3.8, 4) is 0 Å². The van der Waals surface area contributed by atoms with Crippen LogP contribution in [0.3, 0.4) is 0 Å². The number of nitrogens with zero attached hydrogens (tertiary/aromatic N) is 9. The number of aromatic nitrogens is 4. The molecule has 0 aliphatic carbocycles. The average Bonchev–Trinajstić information content (AvgIpc) is 3.31. The lowest BCUT2D eigenvalue weighted by Crippen LogP contribution is -2.44. The number of H-pyrrole nitrogens is 1. The number of aromatic amines is 1. The Balaban J connectivity index is 0.000000220. The molecular weight excluding hydrogens is 546 g/mol. The quantitative estimate of drug-likeness (QED) is 0.0931. The fraction of sp³-hybridized carbons (Fsp3) is 0.556. The number of ether oxygens (including phenoxy) is 2. The van der Waals surface area contributed by atoms with E-state index in [1.54, 1.807) is 0 Å². The normalized spacial score (nSPS) is 32.9. The second-order valence-electron chi connectivity index (χ2n) is 8.33. The Kier molecular flexibility index (Phi) is 8.92. The molecule has 2 aromatic heterocycles. The van der Waals surface area contributed by atoms with Gasteiger partial charge in [0.15, 0.2) is 12.5 Å². The van der Waals surface area contributed by atoms with Gasteiger partial charge in [0.25, 0.3) is 5.56 Å². The number of aliphatic hydroxyl groups excluding tert-OH is 6. The molecule has 0 unspecified atom stereocenters. The second-order valence-corrected chi connectivity index (χ2v) is 8.33. The van der Waals surface area contributed by atoms with Crippen LogP contribution in [0.1, 0.15) is 12.5 Å². The molecule has 2 aromatic rings. The number of aliphatic hydroxyl groups is 6. The number of hydrogen-bond donors (Lipinski definition) is 8. The molecule has 40 heavy (non-hydrogen) atoms. The molecule has 22 nitrogen and oxygen atoms in total. The molecule has 2 saturated heterocycles. The highest BCUT2D eigenvalue weighted by Crippen LogP contribution is 2.38. The van der Waals surface area contributed by atoms with Crippen molar-refractivity contribution in [2.75, 3.05) is 18.9 Å². The molecule has 22 heteroatoms. The lowest BCUT2D eigenvalue weighted by Gasteiger charge is -2.23. The molecule has 0 aromatic carbocycles. The van der Waals surface area contributed by atoms with E-state index in [-0.39, 0.29) is 5.82 Å². The van der Waals surface area contributed by atoms with E-state index in [1.807, 2.05) is 4.98 Å². The molecule has 0 amide bonds. The predicted molar refractivity (Wildman–Crippen MR) is 126 cm³/mol. The number of anilines is 1. The first-order valence-electron chi connectivity index (χ1n) is 11.0. The van der Waals surface area contributed by atoms with E-state index < -0.39 is 78.5 Å². The zero-order chi connectivity index (χ0) is 29.8. The predicted octanol–water partition coefficient (Wildman–Crippen LogP) is -4.14. The second kappa shape index (κ2) is 11.8. The van der Waals surface area contributed by atoms with Gasteiger partial charge in [-0.3, -0.25) is 18.9 Å². The van der Waals surface area contributed by atoms with E-state index >= 15 is 0 Å². The minimum absolute atomic E-state index is 0.0252. The van der Waals surface area contributed by atoms with Crippen molar-refractivity contribution in [2.45, 2.75) is 48.3 Å². The van der Waals surface area contributed by atoms with Crippen LogP contribution in [0, 0.1) is 0 Å². The van der Waals surface area contributed by atoms with Gasteiger partial charge in [-0.05, 0) is 17.1 Å². The van der Waals surface area contributed by atoms with Crippen LogP contribution in [0.2, 0.25) is 0 Å². The molecule has 2 fully saturated rings. The van der Waals surface area contributed by atoms with Crippen molar-refractivity contribution in [1.82, 2.24) is 19.1 Å². The van der Waals surface area contributed by atoms with Gasteiger partial charge >= 0.3 is 11.4 Å². The average molecular weight is 569 g/mol. The first-order chi connectivity index (χ1) is 18.9. The van der Waals surface area contributed by atoms with Crippen LogP contribution in [0.15, 0.2) is 49.1 Å². The first-order valence-corrected chi connectivity index (χ1v) is 11.0. The van der Waals surface area contributed by atoms with Gasteiger partial charge in [0.2, 0.25) is 11.4 Å². The highest BCUT2D eigenvalue weighted by atomic mass is 16.6. The van der Waals surface area contributed by atoms with Gasteiger partial charge in [-0.25, -0.2) is 9.59 Å². The molecular formula is C18H23N11O11.